The van der Waals surface area contributed by atoms with Crippen molar-refractivity contribution in [1.82, 2.24) is 9.80 Å². The summed E-state index contributed by atoms with van der Waals surface area (Å²) >= 11 is 0. The fourth-order valence-corrected chi connectivity index (χ4v) is 2.87. The molecule has 0 bridgehead atoms. The molecular weight excluding hydrogens is 264 g/mol. The molecule has 0 aliphatic carbocycles. The van der Waals surface area contributed by atoms with E-state index in [-0.39, 0.29) is 6.10 Å². The van der Waals surface area contributed by atoms with Crippen molar-refractivity contribution in [3.63, 3.8) is 0 Å². The highest BCUT2D eigenvalue weighted by atomic mass is 16.5. The van der Waals surface area contributed by atoms with Crippen LogP contribution in [0.15, 0.2) is 24.3 Å². The molecule has 0 aromatic heterocycles. The second kappa shape index (κ2) is 7.78. The van der Waals surface area contributed by atoms with E-state index in [9.17, 15) is 5.11 Å². The number of aliphatic hydroxyl groups is 1. The van der Waals surface area contributed by atoms with E-state index in [0.29, 0.717) is 6.04 Å². The van der Waals surface area contributed by atoms with E-state index >= 15 is 0 Å². The molecule has 1 aliphatic heterocycles. The summed E-state index contributed by atoms with van der Waals surface area (Å²) < 4.78 is 5.31. The molecule has 2 atom stereocenters. The van der Waals surface area contributed by atoms with Crippen molar-refractivity contribution < 1.29 is 9.84 Å². The second-order valence-corrected chi connectivity index (χ2v) is 5.85. The number of benzene rings is 1. The van der Waals surface area contributed by atoms with E-state index in [0.717, 1.165) is 44.9 Å². The average molecular weight is 292 g/mol. The second-order valence-electron chi connectivity index (χ2n) is 5.85. The van der Waals surface area contributed by atoms with Crippen molar-refractivity contribution in [3.05, 3.63) is 29.8 Å². The van der Waals surface area contributed by atoms with Gasteiger partial charge in [0.25, 0.3) is 0 Å². The minimum atomic E-state index is -0.188. The highest BCUT2D eigenvalue weighted by molar-refractivity contribution is 5.30. The minimum absolute atomic E-state index is 0.188. The Kier molecular flexibility index (Phi) is 6.03. The van der Waals surface area contributed by atoms with Crippen LogP contribution in [0.2, 0.25) is 0 Å². The number of ether oxygens (including phenoxy) is 1. The van der Waals surface area contributed by atoms with Crippen molar-refractivity contribution in [2.45, 2.75) is 32.4 Å². The smallest absolute Gasteiger partial charge is 0.119 e. The van der Waals surface area contributed by atoms with Crippen LogP contribution < -0.4 is 4.74 Å². The van der Waals surface area contributed by atoms with E-state index in [1.54, 1.807) is 7.11 Å². The quantitative estimate of drug-likeness (QED) is 0.871. The number of hydrogen-bond donors (Lipinski definition) is 1. The van der Waals surface area contributed by atoms with Crippen molar-refractivity contribution in [1.29, 1.82) is 0 Å². The number of aliphatic hydroxyl groups excluding tert-OH is 1. The van der Waals surface area contributed by atoms with Crippen molar-refractivity contribution in [2.75, 3.05) is 39.8 Å². The summed E-state index contributed by atoms with van der Waals surface area (Å²) in [7, 11) is 1.71. The van der Waals surface area contributed by atoms with Crippen LogP contribution in [0.3, 0.4) is 0 Å². The van der Waals surface area contributed by atoms with Crippen LogP contribution in [0.4, 0.5) is 0 Å². The van der Waals surface area contributed by atoms with E-state index in [1.807, 2.05) is 13.0 Å². The third kappa shape index (κ3) is 4.43. The number of rotatable bonds is 6. The van der Waals surface area contributed by atoms with Gasteiger partial charge in [-0.15, -0.1) is 0 Å². The van der Waals surface area contributed by atoms with Gasteiger partial charge in [-0.2, -0.15) is 0 Å². The molecule has 1 saturated heterocycles. The van der Waals surface area contributed by atoms with Crippen LogP contribution in [0.5, 0.6) is 5.75 Å². The van der Waals surface area contributed by atoms with Crippen molar-refractivity contribution in [2.24, 2.45) is 0 Å². The van der Waals surface area contributed by atoms with Crippen LogP contribution in [-0.4, -0.2) is 60.8 Å². The van der Waals surface area contributed by atoms with Gasteiger partial charge >= 0.3 is 0 Å². The zero-order chi connectivity index (χ0) is 15.2. The molecule has 118 valence electrons. The zero-order valence-electron chi connectivity index (χ0n) is 13.5. The fraction of sp³-hybridized carbons (Fsp3) is 0.647. The first-order chi connectivity index (χ1) is 10.1. The summed E-state index contributed by atoms with van der Waals surface area (Å²) in [6.07, 6.45) is 0.646. The van der Waals surface area contributed by atoms with Crippen LogP contribution >= 0.6 is 0 Å². The maximum atomic E-state index is 9.75. The third-order valence-electron chi connectivity index (χ3n) is 4.47. The van der Waals surface area contributed by atoms with Crippen LogP contribution in [0, 0.1) is 0 Å². The molecular formula is C17H28N2O2. The SMILES string of the molecule is CC[C@@H](O)CN1CCN([C@H](C)c2cccc(OC)c2)CC1. The van der Waals surface area contributed by atoms with Gasteiger partial charge in [0.2, 0.25) is 0 Å². The lowest BCUT2D eigenvalue weighted by atomic mass is 10.1. The monoisotopic (exact) mass is 292 g/mol. The lowest BCUT2D eigenvalue weighted by molar-refractivity contribution is 0.0579. The standard InChI is InChI=1S/C17H28N2O2/c1-4-16(20)13-18-8-10-19(11-9-18)14(2)15-6-5-7-17(12-15)21-3/h5-7,12,14,16,20H,4,8-11,13H2,1-3H3/t14-,16-/m1/s1. The van der Waals surface area contributed by atoms with E-state index in [4.69, 9.17) is 4.74 Å². The van der Waals surface area contributed by atoms with Crippen LogP contribution in [0.25, 0.3) is 0 Å². The van der Waals surface area contributed by atoms with E-state index in [2.05, 4.69) is 34.9 Å². The van der Waals surface area contributed by atoms with Crippen molar-refractivity contribution >= 4 is 0 Å². The molecule has 1 fully saturated rings. The Balaban J connectivity index is 1.89. The molecule has 1 aromatic carbocycles. The Morgan fingerprint density at radius 2 is 1.95 bits per heavy atom. The maximum absolute atomic E-state index is 9.75. The predicted octanol–water partition coefficient (Wildman–Crippen LogP) is 2.14. The highest BCUT2D eigenvalue weighted by Crippen LogP contribution is 2.24. The highest BCUT2D eigenvalue weighted by Gasteiger charge is 2.23. The number of β-amino-alcohol motifs (C(OH)–C–C–N with tert-alkyl or cyclic N) is 1. The van der Waals surface area contributed by atoms with Crippen LogP contribution in [-0.2, 0) is 0 Å². The number of methoxy groups -OCH3 is 1. The molecule has 2 rings (SSSR count). The molecule has 4 heteroatoms. The topological polar surface area (TPSA) is 35.9 Å². The summed E-state index contributed by atoms with van der Waals surface area (Å²) in [4.78, 5) is 4.87. The van der Waals surface area contributed by atoms with Gasteiger partial charge < -0.3 is 9.84 Å². The Morgan fingerprint density at radius 3 is 2.57 bits per heavy atom. The third-order valence-corrected chi connectivity index (χ3v) is 4.47. The number of nitrogens with zero attached hydrogens (tertiary/aromatic N) is 2. The summed E-state index contributed by atoms with van der Waals surface area (Å²) in [5.41, 5.74) is 1.30. The van der Waals surface area contributed by atoms with Gasteiger partial charge in [-0.25, -0.2) is 0 Å². The van der Waals surface area contributed by atoms with Gasteiger partial charge in [-0.1, -0.05) is 19.1 Å². The summed E-state index contributed by atoms with van der Waals surface area (Å²) in [6, 6.07) is 8.73. The molecule has 0 saturated carbocycles. The van der Waals surface area contributed by atoms with E-state index < -0.39 is 0 Å². The average Bonchev–Trinajstić information content (AvgIpc) is 2.54. The molecule has 0 spiro atoms. The molecule has 1 aliphatic rings. The lowest BCUT2D eigenvalue weighted by Crippen LogP contribution is -2.49. The minimum Gasteiger partial charge on any atom is -0.497 e. The molecule has 4 nitrogen and oxygen atoms in total. The molecule has 0 unspecified atom stereocenters. The lowest BCUT2D eigenvalue weighted by Gasteiger charge is -2.38. The summed E-state index contributed by atoms with van der Waals surface area (Å²) in [5.74, 6) is 0.920. The first kappa shape index (κ1) is 16.3. The Hall–Kier alpha value is -1.10. The van der Waals surface area contributed by atoms with Gasteiger partial charge in [-0.3, -0.25) is 9.80 Å². The molecule has 1 aromatic rings. The summed E-state index contributed by atoms with van der Waals surface area (Å²) in [6.45, 7) is 9.26. The van der Waals surface area contributed by atoms with Crippen LogP contribution in [0.1, 0.15) is 31.9 Å². The summed E-state index contributed by atoms with van der Waals surface area (Å²) in [5, 5.41) is 9.75. The molecule has 0 radical (unpaired) electrons. The molecule has 0 amide bonds. The molecule has 1 N–H and O–H groups in total. The number of piperazine rings is 1. The maximum Gasteiger partial charge on any atom is 0.119 e. The van der Waals surface area contributed by atoms with Gasteiger partial charge in [0, 0.05) is 38.8 Å². The largest absolute Gasteiger partial charge is 0.497 e. The predicted molar refractivity (Wildman–Crippen MR) is 85.7 cm³/mol. The zero-order valence-corrected chi connectivity index (χ0v) is 13.5. The first-order valence-electron chi connectivity index (χ1n) is 7.92. The first-order valence-corrected chi connectivity index (χ1v) is 7.92. The Bertz CT molecular complexity index is 431. The van der Waals surface area contributed by atoms with Crippen molar-refractivity contribution in [3.8, 4) is 5.75 Å². The normalized spacial score (nSPS) is 20.2. The van der Waals surface area contributed by atoms with Gasteiger partial charge in [-0.05, 0) is 31.0 Å². The van der Waals surface area contributed by atoms with Gasteiger partial charge in [0.1, 0.15) is 5.75 Å². The van der Waals surface area contributed by atoms with Gasteiger partial charge in [0.05, 0.1) is 13.2 Å². The number of hydrogen-bond acceptors (Lipinski definition) is 4. The van der Waals surface area contributed by atoms with Gasteiger partial charge in [0.15, 0.2) is 0 Å². The molecule has 1 heterocycles. The molecule has 21 heavy (non-hydrogen) atoms. The Morgan fingerprint density at radius 1 is 1.24 bits per heavy atom. The van der Waals surface area contributed by atoms with E-state index in [1.165, 1.54) is 5.56 Å². The fourth-order valence-electron chi connectivity index (χ4n) is 2.87. The Labute approximate surface area is 128 Å².